The number of esters is 1. The van der Waals surface area contributed by atoms with E-state index in [1.54, 1.807) is 12.0 Å². The number of nitrogens with one attached hydrogen (secondary N) is 1. The number of rotatable bonds is 3. The van der Waals surface area contributed by atoms with E-state index in [-0.39, 0.29) is 12.0 Å². The summed E-state index contributed by atoms with van der Waals surface area (Å²) in [4.78, 5) is 13.9. The lowest BCUT2D eigenvalue weighted by Gasteiger charge is -2.35. The third-order valence-electron chi connectivity index (χ3n) is 3.59. The van der Waals surface area contributed by atoms with Gasteiger partial charge in [0.1, 0.15) is 5.75 Å². The number of benzene rings is 1. The highest BCUT2D eigenvalue weighted by Gasteiger charge is 2.33. The standard InChI is InChI=1S/C15H18N2O3S/c1-9-12(14(18)20-4)13(16-15(21)17(9)2)10-6-5-7-11(8-10)19-3/h5-8,13H,1-4H3,(H,16,21)/t13-/m1/s1. The lowest BCUT2D eigenvalue weighted by Crippen LogP contribution is -2.46. The number of ether oxygens (including phenoxy) is 2. The maximum absolute atomic E-state index is 12.1. The van der Waals surface area contributed by atoms with Gasteiger partial charge in [0, 0.05) is 12.7 Å². The molecule has 5 nitrogen and oxygen atoms in total. The molecular weight excluding hydrogens is 288 g/mol. The van der Waals surface area contributed by atoms with E-state index in [0.717, 1.165) is 17.0 Å². The number of carbonyl (C=O) groups excluding carboxylic acids is 1. The smallest absolute Gasteiger partial charge is 0.337 e. The first kappa shape index (κ1) is 15.3. The molecule has 0 amide bonds. The molecule has 1 heterocycles. The largest absolute Gasteiger partial charge is 0.497 e. The van der Waals surface area contributed by atoms with Crippen LogP contribution in [-0.4, -0.2) is 37.2 Å². The van der Waals surface area contributed by atoms with Crippen LogP contribution < -0.4 is 10.1 Å². The number of hydrogen-bond acceptors (Lipinski definition) is 4. The molecule has 1 N–H and O–H groups in total. The number of hydrogen-bond donors (Lipinski definition) is 1. The van der Waals surface area contributed by atoms with E-state index in [4.69, 9.17) is 21.7 Å². The first-order chi connectivity index (χ1) is 9.99. The fraction of sp³-hybridized carbons (Fsp3) is 0.333. The lowest BCUT2D eigenvalue weighted by molar-refractivity contribution is -0.136. The Morgan fingerprint density at radius 3 is 2.71 bits per heavy atom. The van der Waals surface area contributed by atoms with Crippen LogP contribution in [0.15, 0.2) is 35.5 Å². The SMILES string of the molecule is COC(=O)C1=C(C)N(C)C(=S)N[C@@H]1c1cccc(OC)c1. The van der Waals surface area contributed by atoms with Crippen molar-refractivity contribution in [3.8, 4) is 5.75 Å². The van der Waals surface area contributed by atoms with Gasteiger partial charge in [-0.3, -0.25) is 0 Å². The van der Waals surface area contributed by atoms with Crippen molar-refractivity contribution >= 4 is 23.3 Å². The Hall–Kier alpha value is -2.08. The summed E-state index contributed by atoms with van der Waals surface area (Å²) in [5, 5.41) is 3.74. The van der Waals surface area contributed by atoms with Crippen LogP contribution in [0.25, 0.3) is 0 Å². The van der Waals surface area contributed by atoms with Crippen molar-refractivity contribution < 1.29 is 14.3 Å². The average molecular weight is 306 g/mol. The second-order valence-corrected chi connectivity index (χ2v) is 5.10. The highest BCUT2D eigenvalue weighted by atomic mass is 32.1. The van der Waals surface area contributed by atoms with Crippen LogP contribution in [0.4, 0.5) is 0 Å². The molecule has 0 unspecified atom stereocenters. The number of allylic oxidation sites excluding steroid dienone is 1. The third kappa shape index (κ3) is 2.85. The van der Waals surface area contributed by atoms with Gasteiger partial charge in [0.15, 0.2) is 5.11 Å². The van der Waals surface area contributed by atoms with Crippen molar-refractivity contribution in [1.82, 2.24) is 10.2 Å². The van der Waals surface area contributed by atoms with Crippen LogP contribution in [0.1, 0.15) is 18.5 Å². The summed E-state index contributed by atoms with van der Waals surface area (Å²) in [5.74, 6) is 0.350. The molecule has 0 radical (unpaired) electrons. The predicted molar refractivity (Wildman–Crippen MR) is 83.9 cm³/mol. The molecule has 112 valence electrons. The predicted octanol–water partition coefficient (Wildman–Crippen LogP) is 2.00. The summed E-state index contributed by atoms with van der Waals surface area (Å²) < 4.78 is 10.2. The summed E-state index contributed by atoms with van der Waals surface area (Å²) in [7, 11) is 4.79. The van der Waals surface area contributed by atoms with Crippen molar-refractivity contribution in [2.24, 2.45) is 0 Å². The molecule has 21 heavy (non-hydrogen) atoms. The molecule has 0 aromatic heterocycles. The summed E-state index contributed by atoms with van der Waals surface area (Å²) in [6.07, 6.45) is 0. The van der Waals surface area contributed by atoms with Crippen LogP contribution in [0, 0.1) is 0 Å². The molecule has 1 atom stereocenters. The number of nitrogens with zero attached hydrogens (tertiary/aromatic N) is 1. The number of methoxy groups -OCH3 is 2. The fourth-order valence-electron chi connectivity index (χ4n) is 2.28. The molecule has 1 aromatic carbocycles. The fourth-order valence-corrected chi connectivity index (χ4v) is 2.54. The van der Waals surface area contributed by atoms with Crippen LogP contribution in [0.5, 0.6) is 5.75 Å². The topological polar surface area (TPSA) is 50.8 Å². The minimum absolute atomic E-state index is 0.351. The molecule has 1 aliphatic rings. The summed E-state index contributed by atoms with van der Waals surface area (Å²) >= 11 is 5.32. The van der Waals surface area contributed by atoms with Gasteiger partial charge in [-0.25, -0.2) is 4.79 Å². The Morgan fingerprint density at radius 2 is 2.10 bits per heavy atom. The molecule has 0 fully saturated rings. The van der Waals surface area contributed by atoms with Crippen LogP contribution in [0.2, 0.25) is 0 Å². The first-order valence-electron chi connectivity index (χ1n) is 6.46. The monoisotopic (exact) mass is 306 g/mol. The Labute approximate surface area is 129 Å². The first-order valence-corrected chi connectivity index (χ1v) is 6.87. The van der Waals surface area contributed by atoms with Gasteiger partial charge in [0.2, 0.25) is 0 Å². The van der Waals surface area contributed by atoms with Gasteiger partial charge in [-0.2, -0.15) is 0 Å². The minimum atomic E-state index is -0.373. The molecule has 6 heteroatoms. The van der Waals surface area contributed by atoms with Crippen molar-refractivity contribution in [3.05, 3.63) is 41.1 Å². The van der Waals surface area contributed by atoms with Crippen molar-refractivity contribution in [1.29, 1.82) is 0 Å². The van der Waals surface area contributed by atoms with Crippen LogP contribution >= 0.6 is 12.2 Å². The summed E-state index contributed by atoms with van der Waals surface area (Å²) in [5.41, 5.74) is 2.21. The quantitative estimate of drug-likeness (QED) is 0.681. The van der Waals surface area contributed by atoms with E-state index in [1.165, 1.54) is 7.11 Å². The van der Waals surface area contributed by atoms with Gasteiger partial charge < -0.3 is 19.7 Å². The number of thiocarbonyl (C=S) groups is 1. The van der Waals surface area contributed by atoms with E-state index < -0.39 is 0 Å². The molecule has 2 rings (SSSR count). The Balaban J connectivity index is 2.53. The molecule has 0 spiro atoms. The lowest BCUT2D eigenvalue weighted by atomic mass is 9.95. The van der Waals surface area contributed by atoms with Crippen molar-refractivity contribution in [2.75, 3.05) is 21.3 Å². The Morgan fingerprint density at radius 1 is 1.38 bits per heavy atom. The average Bonchev–Trinajstić information content (AvgIpc) is 2.51. The van der Waals surface area contributed by atoms with Crippen LogP contribution in [-0.2, 0) is 9.53 Å². The molecule has 1 aromatic rings. The van der Waals surface area contributed by atoms with Gasteiger partial charge in [-0.15, -0.1) is 0 Å². The Kier molecular flexibility index (Phi) is 4.47. The molecule has 1 aliphatic heterocycles. The molecule has 0 saturated heterocycles. The van der Waals surface area contributed by atoms with Gasteiger partial charge in [-0.05, 0) is 36.8 Å². The zero-order chi connectivity index (χ0) is 15.6. The van der Waals surface area contributed by atoms with Crippen molar-refractivity contribution in [3.63, 3.8) is 0 Å². The van der Waals surface area contributed by atoms with E-state index in [0.29, 0.717) is 10.7 Å². The molecule has 0 saturated carbocycles. The van der Waals surface area contributed by atoms with Gasteiger partial charge in [0.25, 0.3) is 0 Å². The van der Waals surface area contributed by atoms with Crippen LogP contribution in [0.3, 0.4) is 0 Å². The van der Waals surface area contributed by atoms with E-state index in [1.807, 2.05) is 38.2 Å². The maximum Gasteiger partial charge on any atom is 0.337 e. The van der Waals surface area contributed by atoms with E-state index in [9.17, 15) is 4.79 Å². The maximum atomic E-state index is 12.1. The highest BCUT2D eigenvalue weighted by Crippen LogP contribution is 2.31. The number of carbonyl (C=O) groups is 1. The molecular formula is C15H18N2O3S. The van der Waals surface area contributed by atoms with Gasteiger partial charge in [-0.1, -0.05) is 12.1 Å². The second-order valence-electron chi connectivity index (χ2n) is 4.71. The second kappa shape index (κ2) is 6.13. The summed E-state index contributed by atoms with van der Waals surface area (Å²) in [6, 6.07) is 7.18. The van der Waals surface area contributed by atoms with E-state index >= 15 is 0 Å². The zero-order valence-electron chi connectivity index (χ0n) is 12.5. The minimum Gasteiger partial charge on any atom is -0.497 e. The third-order valence-corrected chi connectivity index (χ3v) is 3.98. The molecule has 0 bridgehead atoms. The van der Waals surface area contributed by atoms with Gasteiger partial charge >= 0.3 is 5.97 Å². The molecule has 0 aliphatic carbocycles. The Bertz CT molecular complexity index is 613. The van der Waals surface area contributed by atoms with Crippen molar-refractivity contribution in [2.45, 2.75) is 13.0 Å². The highest BCUT2D eigenvalue weighted by molar-refractivity contribution is 7.80. The normalized spacial score (nSPS) is 18.4. The summed E-state index contributed by atoms with van der Waals surface area (Å²) in [6.45, 7) is 1.85. The zero-order valence-corrected chi connectivity index (χ0v) is 13.3. The van der Waals surface area contributed by atoms with Gasteiger partial charge in [0.05, 0.1) is 25.8 Å². The van der Waals surface area contributed by atoms with E-state index in [2.05, 4.69) is 5.32 Å².